The summed E-state index contributed by atoms with van der Waals surface area (Å²) >= 11 is 1.75. The van der Waals surface area contributed by atoms with Crippen LogP contribution in [0.3, 0.4) is 0 Å². The number of nitrogens with zero attached hydrogens (tertiary/aromatic N) is 1. The number of aliphatic imine (C=N–C) groups is 1. The van der Waals surface area contributed by atoms with Crippen LogP contribution in [0.15, 0.2) is 34.2 Å². The number of hydrogen-bond acceptors (Lipinski definition) is 4. The molecular formula is C12H11NO2S. The van der Waals surface area contributed by atoms with E-state index in [1.54, 1.807) is 11.8 Å². The van der Waals surface area contributed by atoms with Gasteiger partial charge in [-0.1, -0.05) is 12.1 Å². The molecule has 0 amide bonds. The van der Waals surface area contributed by atoms with Crippen LogP contribution in [-0.2, 0) is 9.53 Å². The monoisotopic (exact) mass is 233 g/mol. The molecule has 1 aliphatic heterocycles. The number of esters is 1. The third-order valence-electron chi connectivity index (χ3n) is 2.92. The number of thioether (sulfide) groups is 1. The van der Waals surface area contributed by atoms with E-state index in [2.05, 4.69) is 11.1 Å². The lowest BCUT2D eigenvalue weighted by Gasteiger charge is -2.22. The molecule has 0 unspecified atom stereocenters. The van der Waals surface area contributed by atoms with Gasteiger partial charge in [-0.15, -0.1) is 11.8 Å². The first-order chi connectivity index (χ1) is 7.75. The predicted octanol–water partition coefficient (Wildman–Crippen LogP) is 2.57. The molecule has 0 atom stereocenters. The number of benzene rings is 1. The molecule has 1 aliphatic carbocycles. The number of rotatable bonds is 1. The summed E-state index contributed by atoms with van der Waals surface area (Å²) in [7, 11) is 1.41. The summed E-state index contributed by atoms with van der Waals surface area (Å²) in [5.41, 5.74) is 1.46. The van der Waals surface area contributed by atoms with Gasteiger partial charge in [-0.2, -0.15) is 0 Å². The highest BCUT2D eigenvalue weighted by Crippen LogP contribution is 2.57. The third kappa shape index (κ3) is 1.37. The molecule has 1 fully saturated rings. The molecule has 0 bridgehead atoms. The molecule has 0 N–H and O–H groups in total. The number of carbonyl (C=O) groups is 1. The minimum Gasteiger partial charge on any atom is -0.464 e. The minimum absolute atomic E-state index is 0.0958. The van der Waals surface area contributed by atoms with Gasteiger partial charge < -0.3 is 4.74 Å². The molecule has 82 valence electrons. The van der Waals surface area contributed by atoms with Gasteiger partial charge in [0, 0.05) is 4.90 Å². The third-order valence-corrected chi connectivity index (χ3v) is 4.47. The number of ether oxygens (including phenoxy) is 1. The molecule has 1 aromatic carbocycles. The molecule has 0 radical (unpaired) electrons. The van der Waals surface area contributed by atoms with Crippen molar-refractivity contribution in [2.24, 2.45) is 4.99 Å². The Balaban J connectivity index is 2.09. The fourth-order valence-corrected chi connectivity index (χ4v) is 3.22. The zero-order valence-electron chi connectivity index (χ0n) is 8.90. The molecular weight excluding hydrogens is 222 g/mol. The molecule has 3 nitrogen and oxygen atoms in total. The maximum absolute atomic E-state index is 11.7. The largest absolute Gasteiger partial charge is 0.464 e. The van der Waals surface area contributed by atoms with Crippen LogP contribution in [0.25, 0.3) is 0 Å². The summed E-state index contributed by atoms with van der Waals surface area (Å²) in [5, 5.41) is 0. The molecule has 3 rings (SSSR count). The summed E-state index contributed by atoms with van der Waals surface area (Å²) in [6, 6.07) is 7.92. The second-order valence-corrected chi connectivity index (χ2v) is 5.44. The van der Waals surface area contributed by atoms with Gasteiger partial charge in [-0.05, 0) is 25.0 Å². The summed E-state index contributed by atoms with van der Waals surface area (Å²) < 4.78 is 4.70. The van der Waals surface area contributed by atoms with Gasteiger partial charge in [0.1, 0.15) is 5.71 Å². The Morgan fingerprint density at radius 2 is 2.19 bits per heavy atom. The lowest BCUT2D eigenvalue weighted by molar-refractivity contribution is -0.132. The Kier molecular flexibility index (Phi) is 2.07. The Morgan fingerprint density at radius 3 is 2.88 bits per heavy atom. The van der Waals surface area contributed by atoms with Crippen molar-refractivity contribution in [3.63, 3.8) is 0 Å². The van der Waals surface area contributed by atoms with Crippen LogP contribution in [0.1, 0.15) is 12.8 Å². The maximum Gasteiger partial charge on any atom is 0.353 e. The van der Waals surface area contributed by atoms with Crippen LogP contribution in [0.5, 0.6) is 0 Å². The van der Waals surface area contributed by atoms with Gasteiger partial charge >= 0.3 is 5.97 Å². The summed E-state index contributed by atoms with van der Waals surface area (Å²) in [4.78, 5) is 17.3. The van der Waals surface area contributed by atoms with E-state index in [0.717, 1.165) is 23.4 Å². The Labute approximate surface area is 97.9 Å². The SMILES string of the molecule is COC(=O)C1=Nc2ccccc2SC12CC2. The first-order valence-electron chi connectivity index (χ1n) is 5.21. The normalized spacial score (nSPS) is 19.9. The maximum atomic E-state index is 11.7. The van der Waals surface area contributed by atoms with Gasteiger partial charge in [0.05, 0.1) is 17.5 Å². The molecule has 1 spiro atoms. The van der Waals surface area contributed by atoms with Crippen molar-refractivity contribution in [3.05, 3.63) is 24.3 Å². The van der Waals surface area contributed by atoms with Gasteiger partial charge in [0.2, 0.25) is 0 Å². The second-order valence-electron chi connectivity index (χ2n) is 4.02. The highest BCUT2D eigenvalue weighted by atomic mass is 32.2. The van der Waals surface area contributed by atoms with Crippen LogP contribution in [0, 0.1) is 0 Å². The highest BCUT2D eigenvalue weighted by molar-refractivity contribution is 8.02. The Bertz CT molecular complexity index is 492. The molecule has 1 heterocycles. The number of methoxy groups -OCH3 is 1. The van der Waals surface area contributed by atoms with E-state index in [9.17, 15) is 4.79 Å². The van der Waals surface area contributed by atoms with Gasteiger partial charge in [0.15, 0.2) is 0 Å². The van der Waals surface area contributed by atoms with Gasteiger partial charge in [0.25, 0.3) is 0 Å². The fraction of sp³-hybridized carbons (Fsp3) is 0.333. The average molecular weight is 233 g/mol. The predicted molar refractivity (Wildman–Crippen MR) is 63.4 cm³/mol. The molecule has 2 aliphatic rings. The van der Waals surface area contributed by atoms with Crippen molar-refractivity contribution in [3.8, 4) is 0 Å². The zero-order chi connectivity index (χ0) is 11.2. The molecule has 0 aromatic heterocycles. The molecule has 1 saturated carbocycles. The zero-order valence-corrected chi connectivity index (χ0v) is 9.71. The molecule has 16 heavy (non-hydrogen) atoms. The van der Waals surface area contributed by atoms with Crippen LogP contribution >= 0.6 is 11.8 Å². The number of carbonyl (C=O) groups excluding carboxylic acids is 1. The van der Waals surface area contributed by atoms with Crippen molar-refractivity contribution in [1.82, 2.24) is 0 Å². The van der Waals surface area contributed by atoms with Crippen molar-refractivity contribution in [2.75, 3.05) is 7.11 Å². The smallest absolute Gasteiger partial charge is 0.353 e. The number of fused-ring (bicyclic) bond motifs is 1. The number of para-hydroxylation sites is 1. The lowest BCUT2D eigenvalue weighted by atomic mass is 10.2. The highest BCUT2D eigenvalue weighted by Gasteiger charge is 2.53. The second kappa shape index (κ2) is 3.35. The summed E-state index contributed by atoms with van der Waals surface area (Å²) in [6.07, 6.45) is 2.03. The lowest BCUT2D eigenvalue weighted by Crippen LogP contribution is -2.30. The number of hydrogen-bond donors (Lipinski definition) is 0. The fourth-order valence-electron chi connectivity index (χ4n) is 1.90. The van der Waals surface area contributed by atoms with Crippen molar-refractivity contribution in [1.29, 1.82) is 0 Å². The van der Waals surface area contributed by atoms with Crippen molar-refractivity contribution < 1.29 is 9.53 Å². The average Bonchev–Trinajstić information content (AvgIpc) is 3.07. The Morgan fingerprint density at radius 1 is 1.44 bits per heavy atom. The van der Waals surface area contributed by atoms with Crippen LogP contribution in [0.4, 0.5) is 5.69 Å². The standard InChI is InChI=1S/C12H11NO2S/c1-15-11(14)10-12(6-7-12)16-9-5-3-2-4-8(9)13-10/h2-5H,6-7H2,1H3. The van der Waals surface area contributed by atoms with Gasteiger partial charge in [-0.3, -0.25) is 0 Å². The van der Waals surface area contributed by atoms with Crippen molar-refractivity contribution in [2.45, 2.75) is 22.5 Å². The van der Waals surface area contributed by atoms with Crippen LogP contribution < -0.4 is 0 Å². The summed E-state index contributed by atoms with van der Waals surface area (Å²) in [6.45, 7) is 0. The quantitative estimate of drug-likeness (QED) is 0.700. The van der Waals surface area contributed by atoms with E-state index in [1.807, 2.05) is 18.2 Å². The topological polar surface area (TPSA) is 38.7 Å². The van der Waals surface area contributed by atoms with Gasteiger partial charge in [-0.25, -0.2) is 9.79 Å². The minimum atomic E-state index is -0.292. The summed E-state index contributed by atoms with van der Waals surface area (Å²) in [5.74, 6) is -0.292. The molecule has 4 heteroatoms. The first-order valence-corrected chi connectivity index (χ1v) is 6.02. The Hall–Kier alpha value is -1.29. The van der Waals surface area contributed by atoms with E-state index in [0.29, 0.717) is 5.71 Å². The van der Waals surface area contributed by atoms with E-state index < -0.39 is 0 Å². The van der Waals surface area contributed by atoms with Crippen molar-refractivity contribution >= 4 is 29.1 Å². The first kappa shape index (κ1) is 9.90. The van der Waals surface area contributed by atoms with E-state index >= 15 is 0 Å². The van der Waals surface area contributed by atoms with E-state index in [4.69, 9.17) is 4.74 Å². The van der Waals surface area contributed by atoms with E-state index in [1.165, 1.54) is 7.11 Å². The van der Waals surface area contributed by atoms with E-state index in [-0.39, 0.29) is 10.7 Å². The molecule has 1 aromatic rings. The van der Waals surface area contributed by atoms with Crippen LogP contribution in [-0.4, -0.2) is 23.5 Å². The van der Waals surface area contributed by atoms with Crippen LogP contribution in [0.2, 0.25) is 0 Å². The molecule has 0 saturated heterocycles.